The van der Waals surface area contributed by atoms with Gasteiger partial charge in [-0.15, -0.1) is 0 Å². The molecular weight excluding hydrogens is 285 g/mol. The van der Waals surface area contributed by atoms with Crippen molar-refractivity contribution in [2.24, 2.45) is 5.92 Å². The van der Waals surface area contributed by atoms with E-state index < -0.39 is 15.8 Å². The summed E-state index contributed by atoms with van der Waals surface area (Å²) in [6, 6.07) is 3.14. The Kier molecular flexibility index (Phi) is 4.24. The lowest BCUT2D eigenvalue weighted by Gasteiger charge is -2.09. The molecule has 1 fully saturated rings. The average Bonchev–Trinajstić information content (AvgIpc) is 3.21. The van der Waals surface area contributed by atoms with Crippen molar-refractivity contribution in [1.82, 2.24) is 10.0 Å². The van der Waals surface area contributed by atoms with E-state index in [4.69, 9.17) is 5.73 Å². The highest BCUT2D eigenvalue weighted by atomic mass is 32.2. The fraction of sp³-hybridized carbons (Fsp3) is 0.417. The third kappa shape index (κ3) is 3.67. The average molecular weight is 301 g/mol. The maximum absolute atomic E-state index is 13.1. The van der Waals surface area contributed by atoms with E-state index in [9.17, 15) is 17.6 Å². The highest BCUT2D eigenvalue weighted by Gasteiger charge is 2.29. The Morgan fingerprint density at radius 3 is 2.70 bits per heavy atom. The van der Waals surface area contributed by atoms with Crippen LogP contribution in [0.2, 0.25) is 0 Å². The van der Waals surface area contributed by atoms with Crippen LogP contribution in [0, 0.1) is 11.7 Å². The largest absolute Gasteiger partial charge is 0.398 e. The number of nitrogens with two attached hydrogens (primary N) is 1. The second kappa shape index (κ2) is 5.76. The van der Waals surface area contributed by atoms with Crippen LogP contribution in [-0.2, 0) is 14.8 Å². The first-order chi connectivity index (χ1) is 9.40. The van der Waals surface area contributed by atoms with E-state index in [1.54, 1.807) is 0 Å². The molecule has 1 aromatic carbocycles. The Morgan fingerprint density at radius 2 is 2.05 bits per heavy atom. The highest BCUT2D eigenvalue weighted by molar-refractivity contribution is 7.89. The zero-order valence-electron chi connectivity index (χ0n) is 10.7. The molecule has 0 spiro atoms. The molecule has 1 saturated carbocycles. The van der Waals surface area contributed by atoms with Crippen molar-refractivity contribution in [1.29, 1.82) is 0 Å². The van der Waals surface area contributed by atoms with E-state index >= 15 is 0 Å². The molecule has 0 aliphatic heterocycles. The molecule has 1 aromatic rings. The van der Waals surface area contributed by atoms with Gasteiger partial charge < -0.3 is 11.1 Å². The van der Waals surface area contributed by atoms with Gasteiger partial charge in [0.1, 0.15) is 10.7 Å². The number of carbonyl (C=O) groups excluding carboxylic acids is 1. The molecule has 0 aromatic heterocycles. The predicted octanol–water partition coefficient (Wildman–Crippen LogP) is 0.212. The third-order valence-electron chi connectivity index (χ3n) is 2.93. The van der Waals surface area contributed by atoms with Gasteiger partial charge >= 0.3 is 0 Å². The van der Waals surface area contributed by atoms with E-state index in [1.807, 2.05) is 0 Å². The Bertz CT molecular complexity index is 614. The molecule has 0 bridgehead atoms. The van der Waals surface area contributed by atoms with Crippen LogP contribution in [0.3, 0.4) is 0 Å². The molecule has 1 aliphatic rings. The predicted molar refractivity (Wildman–Crippen MR) is 71.7 cm³/mol. The van der Waals surface area contributed by atoms with Gasteiger partial charge in [-0.3, -0.25) is 4.79 Å². The molecule has 6 nitrogen and oxygen atoms in total. The molecule has 110 valence electrons. The van der Waals surface area contributed by atoms with Crippen LogP contribution in [0.15, 0.2) is 23.1 Å². The number of benzene rings is 1. The van der Waals surface area contributed by atoms with Gasteiger partial charge in [-0.1, -0.05) is 0 Å². The molecule has 0 heterocycles. The minimum absolute atomic E-state index is 0.0246. The first-order valence-corrected chi connectivity index (χ1v) is 7.71. The molecule has 2 rings (SSSR count). The maximum atomic E-state index is 13.1. The Hall–Kier alpha value is -1.67. The number of halogens is 1. The van der Waals surface area contributed by atoms with E-state index in [1.165, 1.54) is 6.07 Å². The molecule has 1 amide bonds. The topological polar surface area (TPSA) is 101 Å². The highest BCUT2D eigenvalue weighted by Crippen LogP contribution is 2.28. The number of carbonyl (C=O) groups is 1. The third-order valence-corrected chi connectivity index (χ3v) is 4.45. The van der Waals surface area contributed by atoms with Crippen LogP contribution in [0.4, 0.5) is 10.1 Å². The number of nitrogens with one attached hydrogen (secondary N) is 2. The number of nitrogen functional groups attached to an aromatic ring is 1. The van der Waals surface area contributed by atoms with Gasteiger partial charge in [0.2, 0.25) is 15.9 Å². The van der Waals surface area contributed by atoms with Crippen LogP contribution >= 0.6 is 0 Å². The summed E-state index contributed by atoms with van der Waals surface area (Å²) in [6.07, 6.45) is 1.77. The van der Waals surface area contributed by atoms with Gasteiger partial charge in [0.05, 0.1) is 5.69 Å². The smallest absolute Gasteiger partial charge is 0.242 e. The Morgan fingerprint density at radius 1 is 1.35 bits per heavy atom. The molecule has 1 aliphatic carbocycles. The zero-order valence-corrected chi connectivity index (χ0v) is 11.5. The molecule has 0 saturated heterocycles. The molecule has 0 unspecified atom stereocenters. The molecule has 8 heteroatoms. The summed E-state index contributed by atoms with van der Waals surface area (Å²) in [5.41, 5.74) is 5.49. The van der Waals surface area contributed by atoms with Crippen LogP contribution in [-0.4, -0.2) is 27.4 Å². The summed E-state index contributed by atoms with van der Waals surface area (Å²) in [7, 11) is -3.88. The molecule has 0 atom stereocenters. The molecule has 4 N–H and O–H groups in total. The van der Waals surface area contributed by atoms with Crippen LogP contribution < -0.4 is 15.8 Å². The van der Waals surface area contributed by atoms with Gasteiger partial charge in [-0.05, 0) is 31.0 Å². The quantitative estimate of drug-likeness (QED) is 0.516. The summed E-state index contributed by atoms with van der Waals surface area (Å²) in [5.74, 6) is -0.665. The minimum Gasteiger partial charge on any atom is -0.398 e. The summed E-state index contributed by atoms with van der Waals surface area (Å²) >= 11 is 0. The van der Waals surface area contributed by atoms with Crippen molar-refractivity contribution >= 4 is 21.6 Å². The maximum Gasteiger partial charge on any atom is 0.242 e. The summed E-state index contributed by atoms with van der Waals surface area (Å²) in [6.45, 7) is 0.209. The number of sulfonamides is 1. The monoisotopic (exact) mass is 301 g/mol. The van der Waals surface area contributed by atoms with Gasteiger partial charge in [-0.2, -0.15) is 0 Å². The van der Waals surface area contributed by atoms with Gasteiger partial charge in [-0.25, -0.2) is 17.5 Å². The number of rotatable bonds is 6. The van der Waals surface area contributed by atoms with E-state index in [0.29, 0.717) is 0 Å². The van der Waals surface area contributed by atoms with Crippen molar-refractivity contribution < 1.29 is 17.6 Å². The normalized spacial score (nSPS) is 15.1. The van der Waals surface area contributed by atoms with E-state index in [0.717, 1.165) is 25.0 Å². The SMILES string of the molecule is Nc1ccc(F)cc1S(=O)(=O)NCCNC(=O)C1CC1. The molecular formula is C12H16FN3O3S. The minimum atomic E-state index is -3.88. The summed E-state index contributed by atoms with van der Waals surface area (Å²) < 4.78 is 39.2. The first kappa shape index (κ1) is 14.7. The first-order valence-electron chi connectivity index (χ1n) is 6.22. The lowest BCUT2D eigenvalue weighted by atomic mass is 10.3. The van der Waals surface area contributed by atoms with Gasteiger partial charge in [0.15, 0.2) is 0 Å². The van der Waals surface area contributed by atoms with Gasteiger partial charge in [0.25, 0.3) is 0 Å². The van der Waals surface area contributed by atoms with E-state index in [-0.39, 0.29) is 35.5 Å². The number of amides is 1. The molecule has 0 radical (unpaired) electrons. The fourth-order valence-electron chi connectivity index (χ4n) is 1.68. The van der Waals surface area contributed by atoms with Crippen molar-refractivity contribution in [3.05, 3.63) is 24.0 Å². The van der Waals surface area contributed by atoms with Crippen LogP contribution in [0.5, 0.6) is 0 Å². The lowest BCUT2D eigenvalue weighted by molar-refractivity contribution is -0.122. The number of hydrogen-bond acceptors (Lipinski definition) is 4. The lowest BCUT2D eigenvalue weighted by Crippen LogP contribution is -2.35. The Balaban J connectivity index is 1.90. The van der Waals surface area contributed by atoms with Crippen LogP contribution in [0.1, 0.15) is 12.8 Å². The molecule has 20 heavy (non-hydrogen) atoms. The summed E-state index contributed by atoms with van der Waals surface area (Å²) in [4.78, 5) is 11.0. The van der Waals surface area contributed by atoms with E-state index in [2.05, 4.69) is 10.0 Å². The van der Waals surface area contributed by atoms with Crippen molar-refractivity contribution in [3.63, 3.8) is 0 Å². The fourth-order valence-corrected chi connectivity index (χ4v) is 2.85. The van der Waals surface area contributed by atoms with Crippen molar-refractivity contribution in [3.8, 4) is 0 Å². The second-order valence-electron chi connectivity index (χ2n) is 4.65. The van der Waals surface area contributed by atoms with Crippen molar-refractivity contribution in [2.75, 3.05) is 18.8 Å². The zero-order chi connectivity index (χ0) is 14.8. The Labute approximate surface area is 116 Å². The number of hydrogen-bond donors (Lipinski definition) is 3. The van der Waals surface area contributed by atoms with Crippen molar-refractivity contribution in [2.45, 2.75) is 17.7 Å². The number of anilines is 1. The second-order valence-corrected chi connectivity index (χ2v) is 6.38. The standard InChI is InChI=1S/C12H16FN3O3S/c13-9-3-4-10(14)11(7-9)20(18,19)16-6-5-15-12(17)8-1-2-8/h3-4,7-8,16H,1-2,5-6,14H2,(H,15,17). The van der Waals surface area contributed by atoms with Crippen LogP contribution in [0.25, 0.3) is 0 Å². The van der Waals surface area contributed by atoms with Gasteiger partial charge in [0, 0.05) is 19.0 Å². The summed E-state index contributed by atoms with van der Waals surface area (Å²) in [5, 5.41) is 2.62.